The second kappa shape index (κ2) is 12.2. The molecule has 0 atom stereocenters. The normalized spacial score (nSPS) is 14.8. The second-order valence-electron chi connectivity index (χ2n) is 8.79. The molecule has 35 heavy (non-hydrogen) atoms. The predicted octanol–water partition coefficient (Wildman–Crippen LogP) is 5.97. The van der Waals surface area contributed by atoms with Crippen LogP contribution in [0.4, 0.5) is 23.2 Å². The number of ether oxygens (including phenoxy) is 4. The number of halogens is 4. The Kier molecular flexibility index (Phi) is 9.33. The minimum atomic E-state index is -5.01. The molecule has 6 nitrogen and oxygen atoms in total. The van der Waals surface area contributed by atoms with Gasteiger partial charge in [-0.2, -0.15) is 0 Å². The SMILES string of the molecule is CC1(COCCCCCCOc2ccc(C(=O)Nc3ccc(OC(F)(F)F)c(F)c3)cc2)COC1. The molecular formula is C25H29F4NO5. The lowest BCUT2D eigenvalue weighted by Gasteiger charge is -2.37. The van der Waals surface area contributed by atoms with E-state index in [1.165, 1.54) is 0 Å². The van der Waals surface area contributed by atoms with Crippen LogP contribution in [0.25, 0.3) is 0 Å². The highest BCUT2D eigenvalue weighted by molar-refractivity contribution is 6.04. The number of benzene rings is 2. The van der Waals surface area contributed by atoms with Gasteiger partial charge in [0.25, 0.3) is 5.91 Å². The van der Waals surface area contributed by atoms with Crippen molar-refractivity contribution >= 4 is 11.6 Å². The number of unbranched alkanes of at least 4 members (excludes halogenated alkanes) is 3. The lowest BCUT2D eigenvalue weighted by molar-refractivity contribution is -0.275. The monoisotopic (exact) mass is 499 g/mol. The first-order valence-corrected chi connectivity index (χ1v) is 11.4. The Labute approximate surface area is 201 Å². The van der Waals surface area contributed by atoms with Crippen molar-refractivity contribution in [3.8, 4) is 11.5 Å². The maximum absolute atomic E-state index is 13.8. The van der Waals surface area contributed by atoms with Crippen molar-refractivity contribution in [2.75, 3.05) is 38.4 Å². The van der Waals surface area contributed by atoms with Crippen molar-refractivity contribution in [2.24, 2.45) is 5.41 Å². The van der Waals surface area contributed by atoms with E-state index in [9.17, 15) is 22.4 Å². The van der Waals surface area contributed by atoms with Crippen LogP contribution in [0.3, 0.4) is 0 Å². The molecule has 10 heteroatoms. The molecule has 3 rings (SSSR count). The van der Waals surface area contributed by atoms with Gasteiger partial charge in [0.05, 0.1) is 26.4 Å². The van der Waals surface area contributed by atoms with E-state index < -0.39 is 23.8 Å². The molecule has 1 fully saturated rings. The van der Waals surface area contributed by atoms with Gasteiger partial charge in [-0.05, 0) is 55.7 Å². The Morgan fingerprint density at radius 1 is 1.03 bits per heavy atom. The number of anilines is 1. The summed E-state index contributed by atoms with van der Waals surface area (Å²) in [5.74, 6) is -2.14. The van der Waals surface area contributed by atoms with Gasteiger partial charge in [-0.3, -0.25) is 4.79 Å². The second-order valence-corrected chi connectivity index (χ2v) is 8.79. The van der Waals surface area contributed by atoms with Crippen LogP contribution < -0.4 is 14.8 Å². The molecule has 2 aromatic rings. The van der Waals surface area contributed by atoms with Gasteiger partial charge in [0.15, 0.2) is 11.6 Å². The molecule has 1 saturated heterocycles. The average molecular weight is 500 g/mol. The fourth-order valence-electron chi connectivity index (χ4n) is 3.39. The van der Waals surface area contributed by atoms with E-state index in [2.05, 4.69) is 17.0 Å². The summed E-state index contributed by atoms with van der Waals surface area (Å²) in [4.78, 5) is 12.3. The summed E-state index contributed by atoms with van der Waals surface area (Å²) in [5, 5.41) is 2.43. The zero-order chi connectivity index (χ0) is 25.3. The third-order valence-electron chi connectivity index (χ3n) is 5.34. The molecule has 1 aliphatic rings. The molecule has 0 radical (unpaired) electrons. The first kappa shape index (κ1) is 26.7. The van der Waals surface area contributed by atoms with Crippen molar-refractivity contribution < 1.29 is 41.3 Å². The molecule has 1 aliphatic heterocycles. The highest BCUT2D eigenvalue weighted by Crippen LogP contribution is 2.28. The van der Waals surface area contributed by atoms with Gasteiger partial charge in [0.2, 0.25) is 0 Å². The van der Waals surface area contributed by atoms with Crippen LogP contribution in [-0.2, 0) is 9.47 Å². The molecule has 1 amide bonds. The number of alkyl halides is 3. The number of carbonyl (C=O) groups excluding carboxylic acids is 1. The van der Waals surface area contributed by atoms with E-state index in [1.54, 1.807) is 24.3 Å². The maximum Gasteiger partial charge on any atom is 0.573 e. The molecular weight excluding hydrogens is 470 g/mol. The molecule has 0 aromatic heterocycles. The fourth-order valence-corrected chi connectivity index (χ4v) is 3.39. The number of rotatable bonds is 13. The van der Waals surface area contributed by atoms with Crippen LogP contribution in [-0.4, -0.2) is 45.3 Å². The van der Waals surface area contributed by atoms with Crippen molar-refractivity contribution in [3.63, 3.8) is 0 Å². The number of nitrogens with one attached hydrogen (secondary N) is 1. The van der Waals surface area contributed by atoms with Gasteiger partial charge >= 0.3 is 6.36 Å². The van der Waals surface area contributed by atoms with Crippen molar-refractivity contribution in [3.05, 3.63) is 53.8 Å². The van der Waals surface area contributed by atoms with Gasteiger partial charge in [-0.15, -0.1) is 13.2 Å². The lowest BCUT2D eigenvalue weighted by atomic mass is 9.90. The highest BCUT2D eigenvalue weighted by Gasteiger charge is 2.33. The number of hydrogen-bond acceptors (Lipinski definition) is 5. The van der Waals surface area contributed by atoms with Gasteiger partial charge in [0.1, 0.15) is 5.75 Å². The third-order valence-corrected chi connectivity index (χ3v) is 5.34. The average Bonchev–Trinajstić information content (AvgIpc) is 2.78. The molecule has 0 saturated carbocycles. The largest absolute Gasteiger partial charge is 0.573 e. The third kappa shape index (κ3) is 9.03. The van der Waals surface area contributed by atoms with Crippen molar-refractivity contribution in [1.29, 1.82) is 0 Å². The van der Waals surface area contributed by atoms with E-state index in [1.807, 2.05) is 0 Å². The van der Waals surface area contributed by atoms with Gasteiger partial charge in [-0.25, -0.2) is 4.39 Å². The summed E-state index contributed by atoms with van der Waals surface area (Å²) in [6.07, 6.45) is -1.03. The van der Waals surface area contributed by atoms with Crippen molar-refractivity contribution in [2.45, 2.75) is 39.0 Å². The van der Waals surface area contributed by atoms with Gasteiger partial charge in [0, 0.05) is 29.3 Å². The fraction of sp³-hybridized carbons (Fsp3) is 0.480. The molecule has 192 valence electrons. The van der Waals surface area contributed by atoms with Crippen LogP contribution in [0.5, 0.6) is 11.5 Å². The van der Waals surface area contributed by atoms with E-state index in [0.717, 1.165) is 70.3 Å². The highest BCUT2D eigenvalue weighted by atomic mass is 19.4. The van der Waals surface area contributed by atoms with Gasteiger partial charge < -0.3 is 24.3 Å². The summed E-state index contributed by atoms with van der Waals surface area (Å²) in [6.45, 7) is 5.74. The standard InChI is InChI=1S/C25H29F4NO5/c1-24(16-33-17-24)15-32-12-4-2-3-5-13-34-20-9-6-18(7-10-20)23(31)30-19-8-11-22(21(26)14-19)35-25(27,28)29/h6-11,14H,2-5,12-13,15-17H2,1H3,(H,30,31). The van der Waals surface area contributed by atoms with Gasteiger partial charge in [-0.1, -0.05) is 13.3 Å². The minimum Gasteiger partial charge on any atom is -0.494 e. The number of hydrogen-bond donors (Lipinski definition) is 1. The summed E-state index contributed by atoms with van der Waals surface area (Å²) in [7, 11) is 0. The Bertz CT molecular complexity index is 961. The van der Waals surface area contributed by atoms with E-state index in [-0.39, 0.29) is 16.7 Å². The molecule has 0 unspecified atom stereocenters. The minimum absolute atomic E-state index is 0.000921. The van der Waals surface area contributed by atoms with E-state index in [4.69, 9.17) is 14.2 Å². The van der Waals surface area contributed by atoms with Crippen molar-refractivity contribution in [1.82, 2.24) is 0 Å². The first-order chi connectivity index (χ1) is 16.6. The zero-order valence-corrected chi connectivity index (χ0v) is 19.5. The van der Waals surface area contributed by atoms with E-state index in [0.29, 0.717) is 12.4 Å². The molecule has 0 spiro atoms. The number of amides is 1. The Hall–Kier alpha value is -2.85. The topological polar surface area (TPSA) is 66.0 Å². The quantitative estimate of drug-likeness (QED) is 0.272. The molecule has 0 bridgehead atoms. The maximum atomic E-state index is 13.8. The van der Waals surface area contributed by atoms with Crippen LogP contribution >= 0.6 is 0 Å². The first-order valence-electron chi connectivity index (χ1n) is 11.4. The molecule has 1 N–H and O–H groups in total. The Morgan fingerprint density at radius 2 is 1.71 bits per heavy atom. The van der Waals surface area contributed by atoms with Crippen LogP contribution in [0, 0.1) is 11.2 Å². The Morgan fingerprint density at radius 3 is 2.31 bits per heavy atom. The van der Waals surface area contributed by atoms with Crippen LogP contribution in [0.2, 0.25) is 0 Å². The summed E-state index contributed by atoms with van der Waals surface area (Å²) >= 11 is 0. The molecule has 2 aromatic carbocycles. The predicted molar refractivity (Wildman–Crippen MR) is 121 cm³/mol. The summed E-state index contributed by atoms with van der Waals surface area (Å²) in [5.41, 5.74) is 0.470. The van der Waals surface area contributed by atoms with Crippen LogP contribution in [0.15, 0.2) is 42.5 Å². The molecule has 1 heterocycles. The smallest absolute Gasteiger partial charge is 0.494 e. The van der Waals surface area contributed by atoms with Crippen LogP contribution in [0.1, 0.15) is 43.0 Å². The summed E-state index contributed by atoms with van der Waals surface area (Å²) in [6, 6.07) is 9.07. The molecule has 0 aliphatic carbocycles. The Balaban J connectivity index is 1.32. The number of carbonyl (C=O) groups is 1. The zero-order valence-electron chi connectivity index (χ0n) is 19.5. The van der Waals surface area contributed by atoms with E-state index >= 15 is 0 Å². The summed E-state index contributed by atoms with van der Waals surface area (Å²) < 4.78 is 70.6. The lowest BCUT2D eigenvalue weighted by Crippen LogP contribution is -2.43.